The van der Waals surface area contributed by atoms with Crippen molar-refractivity contribution in [1.82, 2.24) is 5.32 Å². The maximum Gasteiger partial charge on any atom is 0.176 e. The molecule has 1 aromatic carbocycles. The first-order valence-corrected chi connectivity index (χ1v) is 5.57. The van der Waals surface area contributed by atoms with Gasteiger partial charge in [0.1, 0.15) is 5.82 Å². The van der Waals surface area contributed by atoms with Gasteiger partial charge >= 0.3 is 0 Å². The Labute approximate surface area is 95.9 Å². The van der Waals surface area contributed by atoms with Gasteiger partial charge in [-0.3, -0.25) is 4.79 Å². The quantitative estimate of drug-likeness (QED) is 0.778. The van der Waals surface area contributed by atoms with E-state index < -0.39 is 0 Å². The van der Waals surface area contributed by atoms with Crippen LogP contribution in [0, 0.1) is 12.7 Å². The van der Waals surface area contributed by atoms with Gasteiger partial charge in [0.25, 0.3) is 0 Å². The van der Waals surface area contributed by atoms with Crippen molar-refractivity contribution in [3.8, 4) is 0 Å². The Bertz CT molecular complexity index is 376. The van der Waals surface area contributed by atoms with Crippen LogP contribution in [0.5, 0.6) is 0 Å². The van der Waals surface area contributed by atoms with Gasteiger partial charge in [0.05, 0.1) is 6.54 Å². The molecule has 0 aromatic heterocycles. The van der Waals surface area contributed by atoms with Crippen LogP contribution in [-0.4, -0.2) is 18.4 Å². The van der Waals surface area contributed by atoms with Crippen LogP contribution in [0.1, 0.15) is 36.2 Å². The molecule has 0 aliphatic rings. The number of ketones is 1. The average molecular weight is 223 g/mol. The molecular formula is C13H18FNO. The van der Waals surface area contributed by atoms with Crippen molar-refractivity contribution >= 4 is 5.78 Å². The van der Waals surface area contributed by atoms with Crippen LogP contribution in [-0.2, 0) is 0 Å². The zero-order chi connectivity index (χ0) is 12.1. The Morgan fingerprint density at radius 2 is 2.19 bits per heavy atom. The van der Waals surface area contributed by atoms with Crippen molar-refractivity contribution in [3.05, 3.63) is 35.1 Å². The third kappa shape index (κ3) is 3.42. The van der Waals surface area contributed by atoms with E-state index in [1.807, 2.05) is 13.8 Å². The lowest BCUT2D eigenvalue weighted by Gasteiger charge is -2.10. The van der Waals surface area contributed by atoms with Crippen molar-refractivity contribution in [2.75, 3.05) is 6.54 Å². The van der Waals surface area contributed by atoms with Crippen LogP contribution in [0.4, 0.5) is 4.39 Å². The molecule has 0 saturated carbocycles. The Morgan fingerprint density at radius 1 is 1.50 bits per heavy atom. The van der Waals surface area contributed by atoms with E-state index in [4.69, 9.17) is 0 Å². The van der Waals surface area contributed by atoms with Crippen molar-refractivity contribution < 1.29 is 9.18 Å². The number of halogens is 1. The smallest absolute Gasteiger partial charge is 0.176 e. The number of hydrogen-bond acceptors (Lipinski definition) is 2. The summed E-state index contributed by atoms with van der Waals surface area (Å²) in [5.74, 6) is -0.395. The van der Waals surface area contributed by atoms with E-state index in [1.165, 1.54) is 6.07 Å². The number of hydrogen-bond donors (Lipinski definition) is 1. The second-order valence-corrected chi connectivity index (χ2v) is 4.08. The maximum absolute atomic E-state index is 13.2. The van der Waals surface area contributed by atoms with Gasteiger partial charge in [-0.15, -0.1) is 0 Å². The molecule has 2 nitrogen and oxygen atoms in total. The summed E-state index contributed by atoms with van der Waals surface area (Å²) in [6.07, 6.45) is 0.968. The van der Waals surface area contributed by atoms with Crippen molar-refractivity contribution in [2.45, 2.75) is 33.2 Å². The number of aryl methyl sites for hydroxylation is 1. The lowest BCUT2D eigenvalue weighted by atomic mass is 10.1. The molecule has 3 heteroatoms. The first-order valence-electron chi connectivity index (χ1n) is 5.57. The predicted molar refractivity (Wildman–Crippen MR) is 63.2 cm³/mol. The van der Waals surface area contributed by atoms with E-state index in [0.717, 1.165) is 6.42 Å². The third-order valence-electron chi connectivity index (χ3n) is 2.72. The number of benzene rings is 1. The molecule has 0 radical (unpaired) electrons. The summed E-state index contributed by atoms with van der Waals surface area (Å²) in [7, 11) is 0. The van der Waals surface area contributed by atoms with Gasteiger partial charge in [0.15, 0.2) is 5.78 Å². The molecule has 1 atom stereocenters. The summed E-state index contributed by atoms with van der Waals surface area (Å²) in [5, 5.41) is 3.09. The largest absolute Gasteiger partial charge is 0.307 e. The highest BCUT2D eigenvalue weighted by atomic mass is 19.1. The minimum atomic E-state index is -0.325. The molecule has 1 aromatic rings. The lowest BCUT2D eigenvalue weighted by molar-refractivity contribution is 0.0987. The van der Waals surface area contributed by atoms with Crippen LogP contribution >= 0.6 is 0 Å². The summed E-state index contributed by atoms with van der Waals surface area (Å²) >= 11 is 0. The fraction of sp³-hybridized carbons (Fsp3) is 0.462. The van der Waals surface area contributed by atoms with Crippen molar-refractivity contribution in [3.63, 3.8) is 0 Å². The van der Waals surface area contributed by atoms with E-state index in [1.54, 1.807) is 19.1 Å². The van der Waals surface area contributed by atoms with E-state index in [9.17, 15) is 9.18 Å². The number of nitrogens with one attached hydrogen (secondary N) is 1. The average Bonchev–Trinajstić information content (AvgIpc) is 2.29. The second-order valence-electron chi connectivity index (χ2n) is 4.08. The lowest BCUT2D eigenvalue weighted by Crippen LogP contribution is -2.30. The molecule has 0 saturated heterocycles. The molecule has 88 valence electrons. The first kappa shape index (κ1) is 12.8. The molecule has 16 heavy (non-hydrogen) atoms. The predicted octanol–water partition coefficient (Wildman–Crippen LogP) is 2.70. The molecule has 0 heterocycles. The molecule has 0 aliphatic carbocycles. The summed E-state index contributed by atoms with van der Waals surface area (Å²) in [5.41, 5.74) is 0.991. The Kier molecular flexibility index (Phi) is 4.62. The molecule has 1 rings (SSSR count). The summed E-state index contributed by atoms with van der Waals surface area (Å²) < 4.78 is 13.2. The van der Waals surface area contributed by atoms with Gasteiger partial charge in [0, 0.05) is 11.6 Å². The summed E-state index contributed by atoms with van der Waals surface area (Å²) in [6, 6.07) is 4.90. The third-order valence-corrected chi connectivity index (χ3v) is 2.72. The molecule has 1 unspecified atom stereocenters. The normalized spacial score (nSPS) is 12.5. The van der Waals surface area contributed by atoms with Gasteiger partial charge in [-0.05, 0) is 31.9 Å². The van der Waals surface area contributed by atoms with Crippen molar-refractivity contribution in [1.29, 1.82) is 0 Å². The highest BCUT2D eigenvalue weighted by Crippen LogP contribution is 2.09. The molecular weight excluding hydrogens is 205 g/mol. The minimum absolute atomic E-state index is 0.0702. The zero-order valence-corrected chi connectivity index (χ0v) is 10.0. The van der Waals surface area contributed by atoms with E-state index >= 15 is 0 Å². The van der Waals surface area contributed by atoms with Crippen LogP contribution in [0.15, 0.2) is 18.2 Å². The second kappa shape index (κ2) is 5.75. The van der Waals surface area contributed by atoms with Crippen LogP contribution in [0.2, 0.25) is 0 Å². The SMILES string of the molecule is CCC(C)NCC(=O)c1ccc(C)c(F)c1. The van der Waals surface area contributed by atoms with E-state index in [0.29, 0.717) is 17.2 Å². The van der Waals surface area contributed by atoms with Gasteiger partial charge in [0.2, 0.25) is 0 Å². The summed E-state index contributed by atoms with van der Waals surface area (Å²) in [6.45, 7) is 6.01. The zero-order valence-electron chi connectivity index (χ0n) is 10.0. The molecule has 0 bridgehead atoms. The Hall–Kier alpha value is -1.22. The number of carbonyl (C=O) groups excluding carboxylic acids is 1. The van der Waals surface area contributed by atoms with E-state index in [-0.39, 0.29) is 18.1 Å². The Morgan fingerprint density at radius 3 is 2.75 bits per heavy atom. The highest BCUT2D eigenvalue weighted by Gasteiger charge is 2.09. The van der Waals surface area contributed by atoms with Crippen LogP contribution in [0.25, 0.3) is 0 Å². The molecule has 0 fully saturated rings. The monoisotopic (exact) mass is 223 g/mol. The topological polar surface area (TPSA) is 29.1 Å². The first-order chi connectivity index (χ1) is 7.54. The number of carbonyl (C=O) groups is 1. The van der Waals surface area contributed by atoms with Gasteiger partial charge in [-0.25, -0.2) is 4.39 Å². The molecule has 0 aliphatic heterocycles. The summed E-state index contributed by atoms with van der Waals surface area (Å²) in [4.78, 5) is 11.7. The van der Waals surface area contributed by atoms with E-state index in [2.05, 4.69) is 5.32 Å². The fourth-order valence-electron chi connectivity index (χ4n) is 1.28. The minimum Gasteiger partial charge on any atom is -0.307 e. The van der Waals surface area contributed by atoms with Crippen LogP contribution in [0.3, 0.4) is 0 Å². The fourth-order valence-corrected chi connectivity index (χ4v) is 1.28. The van der Waals surface area contributed by atoms with Gasteiger partial charge in [-0.1, -0.05) is 19.1 Å². The van der Waals surface area contributed by atoms with Gasteiger partial charge in [-0.2, -0.15) is 0 Å². The molecule has 0 amide bonds. The number of rotatable bonds is 5. The van der Waals surface area contributed by atoms with Gasteiger partial charge < -0.3 is 5.32 Å². The number of Topliss-reactive ketones (excluding diaryl/α,β-unsaturated/α-hetero) is 1. The Balaban J connectivity index is 2.63. The van der Waals surface area contributed by atoms with Crippen LogP contribution < -0.4 is 5.32 Å². The van der Waals surface area contributed by atoms with Crippen molar-refractivity contribution in [2.24, 2.45) is 0 Å². The highest BCUT2D eigenvalue weighted by molar-refractivity contribution is 5.97. The maximum atomic E-state index is 13.2. The standard InChI is InChI=1S/C13H18FNO/c1-4-10(3)15-8-13(16)11-6-5-9(2)12(14)7-11/h5-7,10,15H,4,8H2,1-3H3. The molecule has 1 N–H and O–H groups in total. The molecule has 0 spiro atoms.